The topological polar surface area (TPSA) is 67.1 Å². The number of rotatable bonds is 6. The Hall–Kier alpha value is -1.36. The molecular weight excluding hydrogens is 226 g/mol. The third kappa shape index (κ3) is 2.72. The van der Waals surface area contributed by atoms with Crippen molar-refractivity contribution in [1.82, 2.24) is 9.97 Å². The monoisotopic (exact) mass is 249 g/mol. The number of hydrogen-bond acceptors (Lipinski definition) is 5. The largest absolute Gasteiger partial charge is 0.359 e. The summed E-state index contributed by atoms with van der Waals surface area (Å²) < 4.78 is 0. The zero-order valence-corrected chi connectivity index (χ0v) is 11.3. The van der Waals surface area contributed by atoms with Crippen LogP contribution in [0.5, 0.6) is 0 Å². The molecule has 1 aliphatic carbocycles. The lowest BCUT2D eigenvalue weighted by atomic mass is 9.85. The normalized spacial score (nSPS) is 15.3. The summed E-state index contributed by atoms with van der Waals surface area (Å²) in [5.41, 5.74) is 3.81. The summed E-state index contributed by atoms with van der Waals surface area (Å²) in [4.78, 5) is 10.9. The van der Waals surface area contributed by atoms with Crippen LogP contribution >= 0.6 is 0 Å². The van der Waals surface area contributed by atoms with E-state index in [-0.39, 0.29) is 0 Å². The van der Waals surface area contributed by atoms with Crippen LogP contribution < -0.4 is 16.2 Å². The van der Waals surface area contributed by atoms with Gasteiger partial charge in [-0.15, -0.1) is 0 Å². The molecule has 0 bridgehead atoms. The van der Waals surface area contributed by atoms with Crippen LogP contribution in [-0.2, 0) is 6.42 Å². The van der Waals surface area contributed by atoms with Gasteiger partial charge in [-0.2, -0.15) is 0 Å². The van der Waals surface area contributed by atoms with E-state index in [0.717, 1.165) is 42.5 Å². The summed E-state index contributed by atoms with van der Waals surface area (Å²) in [5.74, 6) is 8.13. The van der Waals surface area contributed by atoms with Crippen molar-refractivity contribution in [3.05, 3.63) is 11.9 Å². The standard InChI is InChI=1S/C13H23N5/c1-3-5-11-12(17-14)15-9-16-13(11)18(2)8-10-6-4-7-10/h9-10H,3-8,14H2,1-2H3,(H,15,16,17). The molecule has 0 spiro atoms. The van der Waals surface area contributed by atoms with Crippen molar-refractivity contribution in [3.63, 3.8) is 0 Å². The maximum absolute atomic E-state index is 5.53. The van der Waals surface area contributed by atoms with Crippen LogP contribution in [0.4, 0.5) is 11.6 Å². The fourth-order valence-electron chi connectivity index (χ4n) is 2.49. The fraction of sp³-hybridized carbons (Fsp3) is 0.692. The number of hydrogen-bond donors (Lipinski definition) is 2. The minimum Gasteiger partial charge on any atom is -0.359 e. The lowest BCUT2D eigenvalue weighted by Gasteiger charge is -2.31. The van der Waals surface area contributed by atoms with Gasteiger partial charge in [-0.25, -0.2) is 15.8 Å². The molecule has 0 unspecified atom stereocenters. The lowest BCUT2D eigenvalue weighted by Crippen LogP contribution is -2.31. The molecule has 5 nitrogen and oxygen atoms in total. The van der Waals surface area contributed by atoms with Crippen molar-refractivity contribution in [2.45, 2.75) is 39.0 Å². The van der Waals surface area contributed by atoms with Gasteiger partial charge >= 0.3 is 0 Å². The van der Waals surface area contributed by atoms with Crippen molar-refractivity contribution in [2.75, 3.05) is 23.9 Å². The highest BCUT2D eigenvalue weighted by molar-refractivity contribution is 5.58. The first kappa shape index (κ1) is 13.1. The van der Waals surface area contributed by atoms with Gasteiger partial charge in [-0.05, 0) is 25.2 Å². The molecule has 0 aromatic carbocycles. The summed E-state index contributed by atoms with van der Waals surface area (Å²) in [6.45, 7) is 3.24. The van der Waals surface area contributed by atoms with Gasteiger partial charge in [-0.3, -0.25) is 0 Å². The maximum atomic E-state index is 5.53. The minimum atomic E-state index is 0.752. The molecule has 1 heterocycles. The van der Waals surface area contributed by atoms with E-state index in [2.05, 4.69) is 34.3 Å². The van der Waals surface area contributed by atoms with Crippen molar-refractivity contribution in [1.29, 1.82) is 0 Å². The number of hydrazine groups is 1. The summed E-state index contributed by atoms with van der Waals surface area (Å²) in [5, 5.41) is 0. The van der Waals surface area contributed by atoms with E-state index in [0.29, 0.717) is 0 Å². The fourth-order valence-corrected chi connectivity index (χ4v) is 2.49. The maximum Gasteiger partial charge on any atom is 0.148 e. The molecule has 1 aromatic rings. The van der Waals surface area contributed by atoms with E-state index in [1.165, 1.54) is 19.3 Å². The Morgan fingerprint density at radius 1 is 1.44 bits per heavy atom. The van der Waals surface area contributed by atoms with E-state index < -0.39 is 0 Å². The van der Waals surface area contributed by atoms with E-state index in [9.17, 15) is 0 Å². The van der Waals surface area contributed by atoms with Crippen LogP contribution in [0, 0.1) is 5.92 Å². The van der Waals surface area contributed by atoms with Crippen molar-refractivity contribution < 1.29 is 0 Å². The number of nitrogens with zero attached hydrogens (tertiary/aromatic N) is 3. The first-order valence-electron chi connectivity index (χ1n) is 6.77. The SMILES string of the molecule is CCCc1c(NN)ncnc1N(C)CC1CCC1. The summed E-state index contributed by atoms with van der Waals surface area (Å²) in [6.07, 6.45) is 7.67. The zero-order chi connectivity index (χ0) is 13.0. The Morgan fingerprint density at radius 2 is 2.22 bits per heavy atom. The molecule has 5 heteroatoms. The molecule has 2 rings (SSSR count). The molecule has 0 atom stereocenters. The highest BCUT2D eigenvalue weighted by atomic mass is 15.3. The van der Waals surface area contributed by atoms with Crippen molar-refractivity contribution >= 4 is 11.6 Å². The second-order valence-corrected chi connectivity index (χ2v) is 5.10. The van der Waals surface area contributed by atoms with E-state index in [1.807, 2.05) is 0 Å². The van der Waals surface area contributed by atoms with E-state index >= 15 is 0 Å². The first-order valence-corrected chi connectivity index (χ1v) is 6.77. The average molecular weight is 249 g/mol. The third-order valence-electron chi connectivity index (χ3n) is 3.68. The minimum absolute atomic E-state index is 0.752. The van der Waals surface area contributed by atoms with Crippen LogP contribution in [-0.4, -0.2) is 23.6 Å². The average Bonchev–Trinajstić information content (AvgIpc) is 2.34. The first-order chi connectivity index (χ1) is 8.76. The molecule has 0 radical (unpaired) electrons. The predicted octanol–water partition coefficient (Wildman–Crippen LogP) is 1.95. The highest BCUT2D eigenvalue weighted by Gasteiger charge is 2.21. The van der Waals surface area contributed by atoms with Gasteiger partial charge in [-0.1, -0.05) is 19.8 Å². The van der Waals surface area contributed by atoms with Gasteiger partial charge in [0, 0.05) is 19.2 Å². The van der Waals surface area contributed by atoms with Gasteiger partial charge in [0.1, 0.15) is 18.0 Å². The van der Waals surface area contributed by atoms with Gasteiger partial charge < -0.3 is 10.3 Å². The molecule has 1 fully saturated rings. The van der Waals surface area contributed by atoms with Crippen LogP contribution in [0.25, 0.3) is 0 Å². The van der Waals surface area contributed by atoms with Gasteiger partial charge in [0.2, 0.25) is 0 Å². The number of nitrogen functional groups attached to an aromatic ring is 1. The smallest absolute Gasteiger partial charge is 0.148 e. The molecule has 0 aliphatic heterocycles. The van der Waals surface area contributed by atoms with Crippen molar-refractivity contribution in [2.24, 2.45) is 11.8 Å². The summed E-state index contributed by atoms with van der Waals surface area (Å²) >= 11 is 0. The van der Waals surface area contributed by atoms with Crippen LogP contribution in [0.2, 0.25) is 0 Å². The van der Waals surface area contributed by atoms with Crippen LogP contribution in [0.1, 0.15) is 38.2 Å². The molecule has 1 saturated carbocycles. The number of nitrogens with one attached hydrogen (secondary N) is 1. The predicted molar refractivity (Wildman–Crippen MR) is 74.4 cm³/mol. The molecule has 3 N–H and O–H groups in total. The Kier molecular flexibility index (Phi) is 4.36. The zero-order valence-electron chi connectivity index (χ0n) is 11.3. The Morgan fingerprint density at radius 3 is 2.78 bits per heavy atom. The number of anilines is 2. The molecule has 100 valence electrons. The van der Waals surface area contributed by atoms with Crippen LogP contribution in [0.15, 0.2) is 6.33 Å². The molecule has 0 saturated heterocycles. The third-order valence-corrected chi connectivity index (χ3v) is 3.68. The summed E-state index contributed by atoms with van der Waals surface area (Å²) in [7, 11) is 2.11. The Labute approximate surface area is 109 Å². The lowest BCUT2D eigenvalue weighted by molar-refractivity contribution is 0.321. The van der Waals surface area contributed by atoms with Crippen molar-refractivity contribution in [3.8, 4) is 0 Å². The number of nitrogens with two attached hydrogens (primary N) is 1. The highest BCUT2D eigenvalue weighted by Crippen LogP contribution is 2.30. The van der Waals surface area contributed by atoms with E-state index in [1.54, 1.807) is 6.33 Å². The molecular formula is C13H23N5. The van der Waals surface area contributed by atoms with Gasteiger partial charge in [0.25, 0.3) is 0 Å². The second kappa shape index (κ2) is 6.00. The molecule has 1 aliphatic rings. The van der Waals surface area contributed by atoms with E-state index in [4.69, 9.17) is 5.84 Å². The number of aromatic nitrogens is 2. The summed E-state index contributed by atoms with van der Waals surface area (Å²) in [6, 6.07) is 0. The Balaban J connectivity index is 2.18. The molecule has 0 amide bonds. The quantitative estimate of drug-likeness (QED) is 0.596. The Bertz CT molecular complexity index is 389. The van der Waals surface area contributed by atoms with Crippen LogP contribution in [0.3, 0.4) is 0 Å². The molecule has 1 aromatic heterocycles. The van der Waals surface area contributed by atoms with Gasteiger partial charge in [0.05, 0.1) is 0 Å². The second-order valence-electron chi connectivity index (χ2n) is 5.10. The molecule has 18 heavy (non-hydrogen) atoms. The van der Waals surface area contributed by atoms with Gasteiger partial charge in [0.15, 0.2) is 0 Å².